The van der Waals surface area contributed by atoms with E-state index in [4.69, 9.17) is 4.74 Å². The van der Waals surface area contributed by atoms with Crippen molar-refractivity contribution >= 4 is 0 Å². The molecule has 0 unspecified atom stereocenters. The molecule has 22 heavy (non-hydrogen) atoms. The van der Waals surface area contributed by atoms with Crippen LogP contribution in [0.15, 0.2) is 24.4 Å². The van der Waals surface area contributed by atoms with E-state index in [1.54, 1.807) is 12.1 Å². The molecule has 1 aromatic carbocycles. The second-order valence-corrected chi connectivity index (χ2v) is 5.81. The van der Waals surface area contributed by atoms with E-state index < -0.39 is 0 Å². The zero-order valence-corrected chi connectivity index (χ0v) is 13.7. The molecular formula is C17H24FN3O. The Balaban J connectivity index is 2.27. The third kappa shape index (κ3) is 4.07. The summed E-state index contributed by atoms with van der Waals surface area (Å²) in [6, 6.07) is 4.89. The highest BCUT2D eigenvalue weighted by Gasteiger charge is 2.14. The van der Waals surface area contributed by atoms with Gasteiger partial charge in [-0.25, -0.2) is 4.39 Å². The van der Waals surface area contributed by atoms with E-state index in [2.05, 4.69) is 29.1 Å². The Morgan fingerprint density at radius 3 is 2.82 bits per heavy atom. The summed E-state index contributed by atoms with van der Waals surface area (Å²) < 4.78 is 19.3. The second-order valence-electron chi connectivity index (χ2n) is 5.81. The van der Waals surface area contributed by atoms with E-state index in [9.17, 15) is 4.39 Å². The molecule has 0 saturated heterocycles. The Bertz CT molecular complexity index is 610. The van der Waals surface area contributed by atoms with Gasteiger partial charge in [0.25, 0.3) is 0 Å². The maximum Gasteiger partial charge on any atom is 0.165 e. The van der Waals surface area contributed by atoms with Gasteiger partial charge in [-0.2, -0.15) is 5.10 Å². The first-order valence-electron chi connectivity index (χ1n) is 7.69. The summed E-state index contributed by atoms with van der Waals surface area (Å²) in [5.74, 6) is -0.0824. The average molecular weight is 305 g/mol. The van der Waals surface area contributed by atoms with Crippen LogP contribution in [0.3, 0.4) is 0 Å². The maximum absolute atomic E-state index is 13.8. The molecular weight excluding hydrogens is 281 g/mol. The van der Waals surface area contributed by atoms with Crippen LogP contribution in [0.5, 0.6) is 5.75 Å². The van der Waals surface area contributed by atoms with Crippen molar-refractivity contribution in [2.24, 2.45) is 0 Å². The summed E-state index contributed by atoms with van der Waals surface area (Å²) in [5, 5.41) is 7.23. The predicted molar refractivity (Wildman–Crippen MR) is 86.4 cm³/mol. The van der Waals surface area contributed by atoms with Crippen molar-refractivity contribution in [3.8, 4) is 17.0 Å². The monoisotopic (exact) mass is 305 g/mol. The van der Waals surface area contributed by atoms with Crippen LogP contribution in [0, 0.1) is 5.82 Å². The van der Waals surface area contributed by atoms with Gasteiger partial charge in [0.2, 0.25) is 0 Å². The number of rotatable bonds is 7. The van der Waals surface area contributed by atoms with Crippen molar-refractivity contribution in [1.82, 2.24) is 15.1 Å². The van der Waals surface area contributed by atoms with Gasteiger partial charge in [0, 0.05) is 23.9 Å². The summed E-state index contributed by atoms with van der Waals surface area (Å²) >= 11 is 0. The molecule has 0 aliphatic carbocycles. The largest absolute Gasteiger partial charge is 0.488 e. The molecule has 4 nitrogen and oxygen atoms in total. The third-order valence-corrected chi connectivity index (χ3v) is 3.33. The smallest absolute Gasteiger partial charge is 0.165 e. The Morgan fingerprint density at radius 2 is 2.14 bits per heavy atom. The van der Waals surface area contributed by atoms with Crippen molar-refractivity contribution in [2.75, 3.05) is 13.6 Å². The van der Waals surface area contributed by atoms with Crippen molar-refractivity contribution in [3.05, 3.63) is 35.8 Å². The van der Waals surface area contributed by atoms with E-state index in [0.717, 1.165) is 36.3 Å². The van der Waals surface area contributed by atoms with Gasteiger partial charge >= 0.3 is 0 Å². The molecule has 0 atom stereocenters. The number of ether oxygens (including phenoxy) is 1. The molecule has 1 heterocycles. The molecule has 0 spiro atoms. The number of halogens is 1. The molecule has 2 rings (SSSR count). The molecule has 1 aromatic heterocycles. The first kappa shape index (κ1) is 16.5. The van der Waals surface area contributed by atoms with E-state index in [1.165, 1.54) is 6.07 Å². The van der Waals surface area contributed by atoms with Crippen molar-refractivity contribution < 1.29 is 9.13 Å². The Kier molecular flexibility index (Phi) is 5.55. The molecule has 1 N–H and O–H groups in total. The van der Waals surface area contributed by atoms with Gasteiger partial charge in [0.15, 0.2) is 11.6 Å². The van der Waals surface area contributed by atoms with Crippen molar-refractivity contribution in [1.29, 1.82) is 0 Å². The number of aromatic amines is 1. The molecule has 120 valence electrons. The zero-order valence-electron chi connectivity index (χ0n) is 13.7. The zero-order chi connectivity index (χ0) is 16.1. The lowest BCUT2D eigenvalue weighted by Gasteiger charge is -2.15. The fourth-order valence-corrected chi connectivity index (χ4v) is 2.43. The van der Waals surface area contributed by atoms with Gasteiger partial charge in [-0.3, -0.25) is 5.10 Å². The van der Waals surface area contributed by atoms with E-state index in [1.807, 2.05) is 20.0 Å². The van der Waals surface area contributed by atoms with Crippen LogP contribution in [0.4, 0.5) is 4.39 Å². The number of benzene rings is 1. The van der Waals surface area contributed by atoms with Crippen molar-refractivity contribution in [2.45, 2.75) is 39.8 Å². The van der Waals surface area contributed by atoms with Gasteiger partial charge in [-0.05, 0) is 52.1 Å². The van der Waals surface area contributed by atoms with Crippen LogP contribution in [0.2, 0.25) is 0 Å². The summed E-state index contributed by atoms with van der Waals surface area (Å²) in [4.78, 5) is 2.24. The fourth-order valence-electron chi connectivity index (χ4n) is 2.43. The lowest BCUT2D eigenvalue weighted by molar-refractivity contribution is 0.231. The van der Waals surface area contributed by atoms with Gasteiger partial charge in [0.1, 0.15) is 0 Å². The molecule has 0 aliphatic rings. The van der Waals surface area contributed by atoms with E-state index >= 15 is 0 Å². The van der Waals surface area contributed by atoms with Gasteiger partial charge in [0.05, 0.1) is 11.8 Å². The SMILES string of the molecule is CCCN(C)Cc1c[nH]nc1-c1ccc(F)c(OC(C)C)c1. The molecule has 0 fully saturated rings. The molecule has 2 aromatic rings. The number of aromatic nitrogens is 2. The summed E-state index contributed by atoms with van der Waals surface area (Å²) in [6.07, 6.45) is 2.93. The lowest BCUT2D eigenvalue weighted by Crippen LogP contribution is -2.18. The van der Waals surface area contributed by atoms with Gasteiger partial charge in [-0.15, -0.1) is 0 Å². The van der Waals surface area contributed by atoms with Crippen LogP contribution < -0.4 is 4.74 Å². The van der Waals surface area contributed by atoms with Gasteiger partial charge < -0.3 is 9.64 Å². The highest BCUT2D eigenvalue weighted by atomic mass is 19.1. The maximum atomic E-state index is 13.8. The standard InChI is InChI=1S/C17H24FN3O/c1-5-8-21(4)11-14-10-19-20-17(14)13-6-7-15(18)16(9-13)22-12(2)3/h6-7,9-10,12H,5,8,11H2,1-4H3,(H,19,20). The molecule has 0 bridgehead atoms. The van der Waals surface area contributed by atoms with Crippen LogP contribution in [0.1, 0.15) is 32.8 Å². The minimum Gasteiger partial charge on any atom is -0.488 e. The number of nitrogens with zero attached hydrogens (tertiary/aromatic N) is 2. The van der Waals surface area contributed by atoms with E-state index in [0.29, 0.717) is 0 Å². The topological polar surface area (TPSA) is 41.2 Å². The lowest BCUT2D eigenvalue weighted by atomic mass is 10.1. The number of hydrogen-bond donors (Lipinski definition) is 1. The molecule has 0 amide bonds. The van der Waals surface area contributed by atoms with Crippen LogP contribution >= 0.6 is 0 Å². The predicted octanol–water partition coefficient (Wildman–Crippen LogP) is 3.84. The second kappa shape index (κ2) is 7.40. The number of hydrogen-bond acceptors (Lipinski definition) is 3. The van der Waals surface area contributed by atoms with Crippen LogP contribution in [-0.2, 0) is 6.54 Å². The Labute approximate surface area is 131 Å². The minimum absolute atomic E-state index is 0.0703. The number of nitrogens with one attached hydrogen (secondary N) is 1. The first-order chi connectivity index (χ1) is 10.5. The Morgan fingerprint density at radius 1 is 1.36 bits per heavy atom. The average Bonchev–Trinajstić information content (AvgIpc) is 2.89. The third-order valence-electron chi connectivity index (χ3n) is 3.33. The van der Waals surface area contributed by atoms with Crippen molar-refractivity contribution in [3.63, 3.8) is 0 Å². The summed E-state index contributed by atoms with van der Waals surface area (Å²) in [5.41, 5.74) is 2.80. The molecule has 0 saturated carbocycles. The normalized spacial score (nSPS) is 11.4. The fraction of sp³-hybridized carbons (Fsp3) is 0.471. The van der Waals surface area contributed by atoms with E-state index in [-0.39, 0.29) is 17.7 Å². The summed E-state index contributed by atoms with van der Waals surface area (Å²) in [7, 11) is 2.08. The first-order valence-corrected chi connectivity index (χ1v) is 7.69. The Hall–Kier alpha value is -1.88. The molecule has 0 radical (unpaired) electrons. The van der Waals surface area contributed by atoms with Crippen LogP contribution in [0.25, 0.3) is 11.3 Å². The number of H-pyrrole nitrogens is 1. The quantitative estimate of drug-likeness (QED) is 0.845. The highest BCUT2D eigenvalue weighted by molar-refractivity contribution is 5.64. The van der Waals surface area contributed by atoms with Crippen LogP contribution in [-0.4, -0.2) is 34.8 Å². The minimum atomic E-state index is -0.349. The molecule has 5 heteroatoms. The highest BCUT2D eigenvalue weighted by Crippen LogP contribution is 2.28. The summed E-state index contributed by atoms with van der Waals surface area (Å²) in [6.45, 7) is 7.74. The molecule has 0 aliphatic heterocycles. The van der Waals surface area contributed by atoms with Gasteiger partial charge in [-0.1, -0.05) is 6.92 Å².